The average molecular weight is 584 g/mol. The third kappa shape index (κ3) is 6.68. The SMILES string of the molecule is Cc1c(C(=O)NC2CCOCC2)cc(-c2ccc(S(=O)(=O)NC(C)(C)C)c3ccccc23)n1CC1CCC(F)CC1. The Morgan fingerprint density at radius 2 is 1.66 bits per heavy atom. The third-order valence-electron chi connectivity index (χ3n) is 8.27. The summed E-state index contributed by atoms with van der Waals surface area (Å²) in [6.45, 7) is 9.38. The second kappa shape index (κ2) is 11.9. The second-order valence-corrected chi connectivity index (χ2v) is 14.3. The summed E-state index contributed by atoms with van der Waals surface area (Å²) in [6.07, 6.45) is 3.57. The largest absolute Gasteiger partial charge is 0.381 e. The van der Waals surface area contributed by atoms with Gasteiger partial charge in [0.2, 0.25) is 10.0 Å². The highest BCUT2D eigenvalue weighted by atomic mass is 32.2. The first-order chi connectivity index (χ1) is 19.4. The van der Waals surface area contributed by atoms with Crippen molar-refractivity contribution >= 4 is 26.7 Å². The molecule has 1 aliphatic carbocycles. The van der Waals surface area contributed by atoms with Gasteiger partial charge in [0, 0.05) is 53.7 Å². The van der Waals surface area contributed by atoms with Gasteiger partial charge in [-0.25, -0.2) is 17.5 Å². The molecule has 5 rings (SSSR count). The molecule has 0 atom stereocenters. The van der Waals surface area contributed by atoms with Crippen LogP contribution in [-0.2, 0) is 21.3 Å². The molecule has 1 aliphatic heterocycles. The van der Waals surface area contributed by atoms with E-state index in [-0.39, 0.29) is 16.8 Å². The lowest BCUT2D eigenvalue weighted by atomic mass is 9.88. The van der Waals surface area contributed by atoms with Gasteiger partial charge < -0.3 is 14.6 Å². The Balaban J connectivity index is 1.60. The van der Waals surface area contributed by atoms with Crippen LogP contribution in [0.25, 0.3) is 22.0 Å². The number of amides is 1. The van der Waals surface area contributed by atoms with Gasteiger partial charge in [0.05, 0.1) is 10.5 Å². The van der Waals surface area contributed by atoms with Crippen LogP contribution in [0.3, 0.4) is 0 Å². The molecule has 1 saturated heterocycles. The molecule has 7 nitrogen and oxygen atoms in total. The van der Waals surface area contributed by atoms with Crippen LogP contribution in [-0.4, -0.2) is 49.9 Å². The molecule has 2 N–H and O–H groups in total. The summed E-state index contributed by atoms with van der Waals surface area (Å²) in [7, 11) is -3.78. The van der Waals surface area contributed by atoms with E-state index in [1.807, 2.05) is 64.1 Å². The van der Waals surface area contributed by atoms with E-state index in [1.165, 1.54) is 0 Å². The first-order valence-corrected chi connectivity index (χ1v) is 16.2. The number of alkyl halides is 1. The number of carbonyl (C=O) groups excluding carboxylic acids is 1. The summed E-state index contributed by atoms with van der Waals surface area (Å²) >= 11 is 0. The summed E-state index contributed by atoms with van der Waals surface area (Å²) in [5, 5.41) is 4.62. The van der Waals surface area contributed by atoms with Crippen molar-refractivity contribution in [3.05, 3.63) is 53.7 Å². The number of benzene rings is 2. The molecule has 2 aliphatic rings. The highest BCUT2D eigenvalue weighted by Crippen LogP contribution is 2.37. The molecule has 222 valence electrons. The maximum atomic E-state index is 13.9. The summed E-state index contributed by atoms with van der Waals surface area (Å²) in [4.78, 5) is 13.8. The number of nitrogens with one attached hydrogen (secondary N) is 2. The second-order valence-electron chi connectivity index (χ2n) is 12.6. The molecule has 1 saturated carbocycles. The van der Waals surface area contributed by atoms with Gasteiger partial charge in [-0.15, -0.1) is 0 Å². The van der Waals surface area contributed by atoms with E-state index >= 15 is 0 Å². The van der Waals surface area contributed by atoms with Crippen LogP contribution in [0, 0.1) is 12.8 Å². The summed E-state index contributed by atoms with van der Waals surface area (Å²) in [6, 6.07) is 13.0. The van der Waals surface area contributed by atoms with Crippen molar-refractivity contribution in [2.75, 3.05) is 13.2 Å². The van der Waals surface area contributed by atoms with Gasteiger partial charge in [-0.1, -0.05) is 30.3 Å². The van der Waals surface area contributed by atoms with E-state index in [4.69, 9.17) is 4.74 Å². The number of ether oxygens (including phenoxy) is 1. The zero-order chi connectivity index (χ0) is 29.4. The normalized spacial score (nSPS) is 20.8. The molecule has 0 unspecified atom stereocenters. The van der Waals surface area contributed by atoms with Gasteiger partial charge in [0.25, 0.3) is 5.91 Å². The van der Waals surface area contributed by atoms with Crippen molar-refractivity contribution in [2.24, 2.45) is 5.92 Å². The monoisotopic (exact) mass is 583 g/mol. The lowest BCUT2D eigenvalue weighted by molar-refractivity contribution is 0.0696. The van der Waals surface area contributed by atoms with E-state index in [9.17, 15) is 17.6 Å². The Labute approximate surface area is 242 Å². The van der Waals surface area contributed by atoms with E-state index < -0.39 is 21.7 Å². The minimum atomic E-state index is -3.78. The van der Waals surface area contributed by atoms with Crippen molar-refractivity contribution in [3.63, 3.8) is 0 Å². The molecule has 0 bridgehead atoms. The Morgan fingerprint density at radius 1 is 1.00 bits per heavy atom. The summed E-state index contributed by atoms with van der Waals surface area (Å²) in [5.74, 6) is 0.194. The van der Waals surface area contributed by atoms with Gasteiger partial charge in [-0.05, 0) is 89.7 Å². The van der Waals surface area contributed by atoms with E-state index in [0.29, 0.717) is 49.5 Å². The standard InChI is InChI=1S/C32H42FN3O4S/c1-21-28(31(37)34-24-15-17-40-18-16-24)19-29(36(21)20-22-9-11-23(33)12-10-22)26-13-14-30(27-8-6-5-7-25(26)27)41(38,39)35-32(2,3)4/h5-8,13-14,19,22-24,35H,9-12,15-18,20H2,1-4H3,(H,34,37). The molecule has 41 heavy (non-hydrogen) atoms. The number of aromatic nitrogens is 1. The van der Waals surface area contributed by atoms with Crippen LogP contribution in [0.1, 0.15) is 75.3 Å². The number of halogens is 1. The molecule has 2 aromatic carbocycles. The van der Waals surface area contributed by atoms with Crippen LogP contribution < -0.4 is 10.0 Å². The van der Waals surface area contributed by atoms with Crippen molar-refractivity contribution in [3.8, 4) is 11.3 Å². The van der Waals surface area contributed by atoms with Gasteiger partial charge in [-0.2, -0.15) is 0 Å². The summed E-state index contributed by atoms with van der Waals surface area (Å²) < 4.78 is 51.1. The summed E-state index contributed by atoms with van der Waals surface area (Å²) in [5.41, 5.74) is 2.58. The molecule has 2 heterocycles. The van der Waals surface area contributed by atoms with Gasteiger partial charge in [-0.3, -0.25) is 4.79 Å². The molecule has 3 aromatic rings. The molecule has 0 radical (unpaired) electrons. The number of nitrogens with zero attached hydrogens (tertiary/aromatic N) is 1. The predicted octanol–water partition coefficient (Wildman–Crippen LogP) is 6.13. The number of hydrogen-bond acceptors (Lipinski definition) is 4. The number of fused-ring (bicyclic) bond motifs is 1. The minimum Gasteiger partial charge on any atom is -0.381 e. The lowest BCUT2D eigenvalue weighted by Gasteiger charge is -2.26. The maximum absolute atomic E-state index is 13.9. The van der Waals surface area contributed by atoms with Gasteiger partial charge >= 0.3 is 0 Å². The quantitative estimate of drug-likeness (QED) is 0.350. The fraction of sp³-hybridized carbons (Fsp3) is 0.531. The lowest BCUT2D eigenvalue weighted by Crippen LogP contribution is -2.40. The first kappa shape index (κ1) is 29.7. The van der Waals surface area contributed by atoms with Crippen LogP contribution in [0.15, 0.2) is 47.4 Å². The van der Waals surface area contributed by atoms with Crippen LogP contribution in [0.2, 0.25) is 0 Å². The van der Waals surface area contributed by atoms with Crippen molar-refractivity contribution < 1.29 is 22.3 Å². The first-order valence-electron chi connectivity index (χ1n) is 14.7. The zero-order valence-corrected chi connectivity index (χ0v) is 25.3. The van der Waals surface area contributed by atoms with Crippen LogP contribution in [0.5, 0.6) is 0 Å². The highest BCUT2D eigenvalue weighted by Gasteiger charge is 2.28. The van der Waals surface area contributed by atoms with Gasteiger partial charge in [0.1, 0.15) is 6.17 Å². The Kier molecular flexibility index (Phi) is 8.60. The number of rotatable bonds is 7. The number of carbonyl (C=O) groups is 1. The van der Waals surface area contributed by atoms with Crippen molar-refractivity contribution in [1.29, 1.82) is 0 Å². The van der Waals surface area contributed by atoms with Crippen molar-refractivity contribution in [1.82, 2.24) is 14.6 Å². The molecule has 2 fully saturated rings. The topological polar surface area (TPSA) is 89.4 Å². The molecule has 1 amide bonds. The zero-order valence-electron chi connectivity index (χ0n) is 24.5. The molecular formula is C32H42FN3O4S. The highest BCUT2D eigenvalue weighted by molar-refractivity contribution is 7.89. The van der Waals surface area contributed by atoms with Crippen molar-refractivity contribution in [2.45, 2.75) is 95.4 Å². The number of sulfonamides is 1. The molecule has 9 heteroatoms. The Bertz CT molecular complexity index is 1510. The van der Waals surface area contributed by atoms with E-state index in [0.717, 1.165) is 48.0 Å². The van der Waals surface area contributed by atoms with E-state index in [1.54, 1.807) is 6.07 Å². The fourth-order valence-corrected chi connectivity index (χ4v) is 7.82. The fourth-order valence-electron chi connectivity index (χ4n) is 6.19. The molecule has 1 aromatic heterocycles. The van der Waals surface area contributed by atoms with Crippen LogP contribution >= 0.6 is 0 Å². The molecular weight excluding hydrogens is 541 g/mol. The molecule has 0 spiro atoms. The number of hydrogen-bond donors (Lipinski definition) is 2. The minimum absolute atomic E-state index is 0.0721. The maximum Gasteiger partial charge on any atom is 0.253 e. The van der Waals surface area contributed by atoms with Gasteiger partial charge in [0.15, 0.2) is 0 Å². The van der Waals surface area contributed by atoms with E-state index in [2.05, 4.69) is 14.6 Å². The Morgan fingerprint density at radius 3 is 2.32 bits per heavy atom. The smallest absolute Gasteiger partial charge is 0.253 e. The predicted molar refractivity (Wildman–Crippen MR) is 160 cm³/mol. The third-order valence-corrected chi connectivity index (χ3v) is 10.1. The average Bonchev–Trinajstić information content (AvgIpc) is 3.24. The van der Waals surface area contributed by atoms with Crippen LogP contribution in [0.4, 0.5) is 4.39 Å². The Hall–Kier alpha value is -2.75.